The third-order valence-electron chi connectivity index (χ3n) is 3.48. The number of nitrogens with zero attached hydrogens (tertiary/aromatic N) is 1. The maximum atomic E-state index is 5.50. The highest BCUT2D eigenvalue weighted by Gasteiger charge is 2.20. The first-order valence-electron chi connectivity index (χ1n) is 6.44. The Labute approximate surface area is 109 Å². The lowest BCUT2D eigenvalue weighted by Gasteiger charge is -2.32. The van der Waals surface area contributed by atoms with Crippen LogP contribution in [0.2, 0.25) is 0 Å². The predicted octanol–water partition coefficient (Wildman–Crippen LogP) is 1.81. The van der Waals surface area contributed by atoms with Crippen LogP contribution in [-0.2, 0) is 4.74 Å². The Morgan fingerprint density at radius 2 is 2.06 bits per heavy atom. The van der Waals surface area contributed by atoms with Gasteiger partial charge in [-0.25, -0.2) is 0 Å². The summed E-state index contributed by atoms with van der Waals surface area (Å²) in [4.78, 5) is 2.37. The molecule has 0 aliphatic carbocycles. The number of hydrogen-bond acceptors (Lipinski definition) is 4. The molecular formula is C14H22N2O2. The number of rotatable bonds is 4. The Morgan fingerprint density at radius 3 is 2.67 bits per heavy atom. The first kappa shape index (κ1) is 13.2. The summed E-state index contributed by atoms with van der Waals surface area (Å²) in [6.07, 6.45) is 0. The van der Waals surface area contributed by atoms with Crippen molar-refractivity contribution in [1.82, 2.24) is 5.32 Å². The van der Waals surface area contributed by atoms with Crippen LogP contribution >= 0.6 is 0 Å². The Hall–Kier alpha value is -1.26. The van der Waals surface area contributed by atoms with Crippen LogP contribution in [0.4, 0.5) is 5.69 Å². The van der Waals surface area contributed by atoms with Gasteiger partial charge < -0.3 is 19.7 Å². The van der Waals surface area contributed by atoms with E-state index in [9.17, 15) is 0 Å². The molecule has 0 spiro atoms. The Bertz CT molecular complexity index is 389. The van der Waals surface area contributed by atoms with Gasteiger partial charge in [0.2, 0.25) is 0 Å². The van der Waals surface area contributed by atoms with Gasteiger partial charge in [-0.15, -0.1) is 0 Å². The highest BCUT2D eigenvalue weighted by molar-refractivity contribution is 5.61. The number of nitrogens with one attached hydrogen (secondary N) is 1. The van der Waals surface area contributed by atoms with Crippen molar-refractivity contribution in [3.63, 3.8) is 0 Å². The number of ether oxygens (including phenoxy) is 2. The number of hydrogen-bond donors (Lipinski definition) is 1. The smallest absolute Gasteiger partial charge is 0.125 e. The fourth-order valence-corrected chi connectivity index (χ4v) is 2.37. The molecule has 0 bridgehead atoms. The minimum atomic E-state index is 0.263. The molecule has 1 atom stereocenters. The highest BCUT2D eigenvalue weighted by Crippen LogP contribution is 2.34. The lowest BCUT2D eigenvalue weighted by Crippen LogP contribution is -2.37. The van der Waals surface area contributed by atoms with E-state index in [1.165, 1.54) is 11.3 Å². The minimum Gasteiger partial charge on any atom is -0.496 e. The molecule has 0 saturated carbocycles. The quantitative estimate of drug-likeness (QED) is 0.883. The van der Waals surface area contributed by atoms with E-state index in [-0.39, 0.29) is 6.04 Å². The van der Waals surface area contributed by atoms with Crippen molar-refractivity contribution in [3.05, 3.63) is 23.8 Å². The summed E-state index contributed by atoms with van der Waals surface area (Å²) in [6, 6.07) is 6.50. The monoisotopic (exact) mass is 250 g/mol. The fourth-order valence-electron chi connectivity index (χ4n) is 2.37. The second kappa shape index (κ2) is 6.07. The van der Waals surface area contributed by atoms with Gasteiger partial charge in [-0.1, -0.05) is 6.07 Å². The molecule has 1 unspecified atom stereocenters. The van der Waals surface area contributed by atoms with Gasteiger partial charge in [0.1, 0.15) is 5.75 Å². The van der Waals surface area contributed by atoms with Crippen molar-refractivity contribution in [2.75, 3.05) is 45.4 Å². The fraction of sp³-hybridized carbons (Fsp3) is 0.571. The summed E-state index contributed by atoms with van der Waals surface area (Å²) >= 11 is 0. The predicted molar refractivity (Wildman–Crippen MR) is 73.5 cm³/mol. The van der Waals surface area contributed by atoms with E-state index in [0.717, 1.165) is 32.1 Å². The van der Waals surface area contributed by atoms with E-state index >= 15 is 0 Å². The van der Waals surface area contributed by atoms with Crippen LogP contribution in [0.15, 0.2) is 18.2 Å². The van der Waals surface area contributed by atoms with Crippen molar-refractivity contribution in [3.8, 4) is 5.75 Å². The molecule has 4 nitrogen and oxygen atoms in total. The number of morpholine rings is 1. The SMILES string of the molecule is CNC(C)c1c(OC)cccc1N1CCOCC1. The molecule has 100 valence electrons. The largest absolute Gasteiger partial charge is 0.496 e. The molecule has 18 heavy (non-hydrogen) atoms. The van der Waals surface area contributed by atoms with Gasteiger partial charge >= 0.3 is 0 Å². The van der Waals surface area contributed by atoms with E-state index in [1.54, 1.807) is 7.11 Å². The molecule has 1 heterocycles. The Balaban J connectivity index is 2.38. The van der Waals surface area contributed by atoms with Crippen molar-refractivity contribution >= 4 is 5.69 Å². The summed E-state index contributed by atoms with van der Waals surface area (Å²) in [5.41, 5.74) is 2.48. The first-order valence-corrected chi connectivity index (χ1v) is 6.44. The lowest BCUT2D eigenvalue weighted by atomic mass is 10.0. The van der Waals surface area contributed by atoms with Crippen LogP contribution in [0.1, 0.15) is 18.5 Å². The minimum absolute atomic E-state index is 0.263. The summed E-state index contributed by atoms with van der Waals surface area (Å²) in [6.45, 7) is 5.63. The summed E-state index contributed by atoms with van der Waals surface area (Å²) in [5, 5.41) is 3.30. The van der Waals surface area contributed by atoms with E-state index in [0.29, 0.717) is 0 Å². The van der Waals surface area contributed by atoms with Crippen molar-refractivity contribution in [2.45, 2.75) is 13.0 Å². The average Bonchev–Trinajstić information content (AvgIpc) is 2.46. The number of benzene rings is 1. The van der Waals surface area contributed by atoms with Gasteiger partial charge in [-0.2, -0.15) is 0 Å². The van der Waals surface area contributed by atoms with Crippen LogP contribution < -0.4 is 15.0 Å². The summed E-state index contributed by atoms with van der Waals surface area (Å²) in [7, 11) is 3.70. The normalized spacial score (nSPS) is 17.6. The second-order valence-electron chi connectivity index (χ2n) is 4.50. The summed E-state index contributed by atoms with van der Waals surface area (Å²) in [5.74, 6) is 0.945. The zero-order valence-electron chi connectivity index (χ0n) is 11.4. The molecule has 2 rings (SSSR count). The molecule has 1 aromatic rings. The second-order valence-corrected chi connectivity index (χ2v) is 4.50. The average molecular weight is 250 g/mol. The maximum absolute atomic E-state index is 5.50. The Kier molecular flexibility index (Phi) is 4.44. The maximum Gasteiger partial charge on any atom is 0.125 e. The number of anilines is 1. The van der Waals surface area contributed by atoms with Gasteiger partial charge in [0.15, 0.2) is 0 Å². The Morgan fingerprint density at radius 1 is 1.33 bits per heavy atom. The third kappa shape index (κ3) is 2.60. The van der Waals surface area contributed by atoms with Gasteiger partial charge in [0.25, 0.3) is 0 Å². The molecule has 0 aromatic heterocycles. The standard InChI is InChI=1S/C14H22N2O2/c1-11(15-2)14-12(5-4-6-13(14)17-3)16-7-9-18-10-8-16/h4-6,11,15H,7-10H2,1-3H3. The molecular weight excluding hydrogens is 228 g/mol. The van der Waals surface area contributed by atoms with Gasteiger partial charge in [0, 0.05) is 30.4 Å². The number of methoxy groups -OCH3 is 1. The van der Waals surface area contributed by atoms with Crippen molar-refractivity contribution in [2.24, 2.45) is 0 Å². The zero-order valence-corrected chi connectivity index (χ0v) is 11.4. The topological polar surface area (TPSA) is 33.7 Å². The van der Waals surface area contributed by atoms with Crippen LogP contribution in [0.3, 0.4) is 0 Å². The molecule has 0 amide bonds. The highest BCUT2D eigenvalue weighted by atomic mass is 16.5. The lowest BCUT2D eigenvalue weighted by molar-refractivity contribution is 0.122. The van der Waals surface area contributed by atoms with E-state index < -0.39 is 0 Å². The molecule has 1 fully saturated rings. The van der Waals surface area contributed by atoms with Crippen LogP contribution in [0.5, 0.6) is 5.75 Å². The molecule has 1 saturated heterocycles. The van der Waals surface area contributed by atoms with Crippen molar-refractivity contribution in [1.29, 1.82) is 0 Å². The van der Waals surface area contributed by atoms with Gasteiger partial charge in [0.05, 0.1) is 20.3 Å². The summed E-state index contributed by atoms with van der Waals surface area (Å²) < 4.78 is 10.9. The molecule has 1 N–H and O–H groups in total. The van der Waals surface area contributed by atoms with E-state index in [4.69, 9.17) is 9.47 Å². The molecule has 1 aliphatic rings. The van der Waals surface area contributed by atoms with Crippen LogP contribution in [0.25, 0.3) is 0 Å². The van der Waals surface area contributed by atoms with Crippen LogP contribution in [-0.4, -0.2) is 40.5 Å². The van der Waals surface area contributed by atoms with Crippen LogP contribution in [0, 0.1) is 0 Å². The van der Waals surface area contributed by atoms with E-state index in [2.05, 4.69) is 29.3 Å². The molecule has 0 radical (unpaired) electrons. The molecule has 1 aromatic carbocycles. The third-order valence-corrected chi connectivity index (χ3v) is 3.48. The first-order chi connectivity index (χ1) is 8.77. The zero-order chi connectivity index (χ0) is 13.0. The van der Waals surface area contributed by atoms with Gasteiger partial charge in [-0.3, -0.25) is 0 Å². The molecule has 4 heteroatoms. The van der Waals surface area contributed by atoms with Crippen molar-refractivity contribution < 1.29 is 9.47 Å². The van der Waals surface area contributed by atoms with E-state index in [1.807, 2.05) is 13.1 Å². The molecule has 1 aliphatic heterocycles. The van der Waals surface area contributed by atoms with Gasteiger partial charge in [-0.05, 0) is 26.1 Å².